The summed E-state index contributed by atoms with van der Waals surface area (Å²) < 4.78 is 10.8. The van der Waals surface area contributed by atoms with Crippen LogP contribution in [0, 0.1) is 0 Å². The van der Waals surface area contributed by atoms with Crippen LogP contribution in [0.3, 0.4) is 0 Å². The van der Waals surface area contributed by atoms with E-state index in [-0.39, 0.29) is 11.8 Å². The number of hydrogen-bond acceptors (Lipinski definition) is 6. The van der Waals surface area contributed by atoms with Crippen molar-refractivity contribution in [2.75, 3.05) is 31.0 Å². The second-order valence-electron chi connectivity index (χ2n) is 6.73. The summed E-state index contributed by atoms with van der Waals surface area (Å²) in [7, 11) is 3.15. The molecule has 154 valence electrons. The van der Waals surface area contributed by atoms with Gasteiger partial charge in [0, 0.05) is 29.7 Å². The second-order valence-corrected chi connectivity index (χ2v) is 7.59. The van der Waals surface area contributed by atoms with Crippen molar-refractivity contribution in [2.24, 2.45) is 0 Å². The van der Waals surface area contributed by atoms with Crippen molar-refractivity contribution < 1.29 is 19.1 Å². The smallest absolute Gasteiger partial charge is 0.275 e. The Hall–Kier alpha value is -3.39. The monoisotopic (exact) mass is 423 g/mol. The van der Waals surface area contributed by atoms with Gasteiger partial charge < -0.3 is 19.7 Å². The lowest BCUT2D eigenvalue weighted by atomic mass is 10.2. The molecule has 30 heavy (non-hydrogen) atoms. The normalized spacial score (nSPS) is 13.4. The number of thiazole rings is 1. The highest BCUT2D eigenvalue weighted by atomic mass is 32.1. The number of para-hydroxylation sites is 1. The largest absolute Gasteiger partial charge is 0.493 e. The number of carbonyl (C=O) groups is 2. The number of ether oxygens (including phenoxy) is 2. The van der Waals surface area contributed by atoms with Crippen LogP contribution in [0.25, 0.3) is 10.6 Å². The molecule has 2 aromatic carbocycles. The van der Waals surface area contributed by atoms with E-state index in [0.717, 1.165) is 24.2 Å². The van der Waals surface area contributed by atoms with Gasteiger partial charge in [0.2, 0.25) is 5.91 Å². The minimum Gasteiger partial charge on any atom is -0.493 e. The van der Waals surface area contributed by atoms with E-state index in [9.17, 15) is 9.59 Å². The highest BCUT2D eigenvalue weighted by Crippen LogP contribution is 2.39. The maximum Gasteiger partial charge on any atom is 0.275 e. The average Bonchev–Trinajstić information content (AvgIpc) is 3.43. The molecule has 0 radical (unpaired) electrons. The van der Waals surface area contributed by atoms with Crippen LogP contribution in [0.15, 0.2) is 47.8 Å². The fraction of sp³-hybridized carbons (Fsp3) is 0.227. The van der Waals surface area contributed by atoms with Gasteiger partial charge in [-0.15, -0.1) is 11.3 Å². The summed E-state index contributed by atoms with van der Waals surface area (Å²) in [5.41, 5.74) is 2.57. The van der Waals surface area contributed by atoms with E-state index in [1.54, 1.807) is 36.6 Å². The van der Waals surface area contributed by atoms with E-state index < -0.39 is 0 Å². The first-order valence-electron chi connectivity index (χ1n) is 9.49. The van der Waals surface area contributed by atoms with Gasteiger partial charge in [-0.3, -0.25) is 9.59 Å². The number of carbonyl (C=O) groups excluding carboxylic acids is 2. The molecule has 4 rings (SSSR count). The van der Waals surface area contributed by atoms with Crippen molar-refractivity contribution in [1.29, 1.82) is 0 Å². The topological polar surface area (TPSA) is 80.8 Å². The molecule has 1 saturated heterocycles. The van der Waals surface area contributed by atoms with Gasteiger partial charge in [0.15, 0.2) is 11.5 Å². The van der Waals surface area contributed by atoms with Crippen molar-refractivity contribution >= 4 is 34.5 Å². The lowest BCUT2D eigenvalue weighted by Crippen LogP contribution is -2.23. The molecule has 0 aliphatic carbocycles. The van der Waals surface area contributed by atoms with E-state index in [0.29, 0.717) is 34.3 Å². The van der Waals surface area contributed by atoms with E-state index in [1.807, 2.05) is 30.3 Å². The van der Waals surface area contributed by atoms with Gasteiger partial charge in [-0.1, -0.05) is 6.07 Å². The van der Waals surface area contributed by atoms with Crippen LogP contribution in [-0.4, -0.2) is 37.6 Å². The predicted molar refractivity (Wildman–Crippen MR) is 117 cm³/mol. The van der Waals surface area contributed by atoms with Gasteiger partial charge in [-0.05, 0) is 42.8 Å². The van der Waals surface area contributed by atoms with Gasteiger partial charge in [-0.2, -0.15) is 0 Å². The minimum absolute atomic E-state index is 0.134. The van der Waals surface area contributed by atoms with E-state index in [4.69, 9.17) is 9.47 Å². The molecule has 1 aliphatic heterocycles. The predicted octanol–water partition coefficient (Wildman–Crippen LogP) is 4.21. The number of nitrogens with one attached hydrogen (secondary N) is 1. The van der Waals surface area contributed by atoms with Crippen molar-refractivity contribution in [1.82, 2.24) is 4.98 Å². The Morgan fingerprint density at radius 3 is 2.60 bits per heavy atom. The lowest BCUT2D eigenvalue weighted by molar-refractivity contribution is -0.117. The molecule has 0 bridgehead atoms. The van der Waals surface area contributed by atoms with Gasteiger partial charge in [0.25, 0.3) is 5.91 Å². The minimum atomic E-state index is -0.302. The lowest BCUT2D eigenvalue weighted by Gasteiger charge is -2.16. The first-order valence-corrected chi connectivity index (χ1v) is 10.4. The van der Waals surface area contributed by atoms with Crippen LogP contribution in [0.5, 0.6) is 11.5 Å². The molecule has 1 aromatic heterocycles. The van der Waals surface area contributed by atoms with Crippen molar-refractivity contribution in [3.63, 3.8) is 0 Å². The van der Waals surface area contributed by atoms with E-state index in [1.165, 1.54) is 11.3 Å². The van der Waals surface area contributed by atoms with Crippen molar-refractivity contribution in [2.45, 2.75) is 12.8 Å². The maximum absolute atomic E-state index is 12.6. The van der Waals surface area contributed by atoms with E-state index >= 15 is 0 Å². The molecule has 7 nitrogen and oxygen atoms in total. The maximum atomic E-state index is 12.6. The summed E-state index contributed by atoms with van der Waals surface area (Å²) in [6, 6.07) is 12.8. The number of amides is 2. The number of anilines is 2. The fourth-order valence-corrected chi connectivity index (χ4v) is 4.22. The molecular formula is C22H21N3O4S. The Labute approximate surface area is 178 Å². The molecule has 1 fully saturated rings. The number of methoxy groups -OCH3 is 2. The number of aromatic nitrogens is 1. The van der Waals surface area contributed by atoms with Gasteiger partial charge in [0.05, 0.1) is 19.8 Å². The third-order valence-electron chi connectivity index (χ3n) is 4.88. The summed E-state index contributed by atoms with van der Waals surface area (Å²) in [6.45, 7) is 0.736. The quantitative estimate of drug-likeness (QED) is 0.643. The van der Waals surface area contributed by atoms with Crippen molar-refractivity contribution in [3.05, 3.63) is 53.5 Å². The summed E-state index contributed by atoms with van der Waals surface area (Å²) in [4.78, 5) is 30.7. The van der Waals surface area contributed by atoms with Crippen LogP contribution < -0.4 is 19.7 Å². The Bertz CT molecular complexity index is 1080. The highest BCUT2D eigenvalue weighted by molar-refractivity contribution is 7.13. The first kappa shape index (κ1) is 19.9. The molecular weight excluding hydrogens is 402 g/mol. The third-order valence-corrected chi connectivity index (χ3v) is 5.76. The zero-order valence-corrected chi connectivity index (χ0v) is 17.5. The molecule has 1 N–H and O–H groups in total. The van der Waals surface area contributed by atoms with Crippen LogP contribution in [0.1, 0.15) is 23.3 Å². The van der Waals surface area contributed by atoms with Crippen LogP contribution in [-0.2, 0) is 4.79 Å². The Kier molecular flexibility index (Phi) is 5.67. The molecule has 0 saturated carbocycles. The first-order chi connectivity index (χ1) is 14.6. The SMILES string of the molecule is COc1cccc(-c2nc(C(=O)Nc3ccc(N4CCCC4=O)cc3)cs2)c1OC. The van der Waals surface area contributed by atoms with E-state index in [2.05, 4.69) is 10.3 Å². The molecule has 0 atom stereocenters. The molecule has 2 amide bonds. The second kappa shape index (κ2) is 8.54. The summed E-state index contributed by atoms with van der Waals surface area (Å²) in [5.74, 6) is 1.01. The molecule has 0 unspecified atom stereocenters. The Morgan fingerprint density at radius 1 is 1.13 bits per heavy atom. The number of nitrogens with zero attached hydrogens (tertiary/aromatic N) is 2. The molecule has 8 heteroatoms. The third kappa shape index (κ3) is 3.86. The molecule has 3 aromatic rings. The van der Waals surface area contributed by atoms with Gasteiger partial charge in [0.1, 0.15) is 10.7 Å². The highest BCUT2D eigenvalue weighted by Gasteiger charge is 2.22. The van der Waals surface area contributed by atoms with Crippen LogP contribution in [0.2, 0.25) is 0 Å². The standard InChI is InChI=1S/C22H21N3O4S/c1-28-18-6-3-5-16(20(18)29-2)22-24-17(13-30-22)21(27)23-14-8-10-15(11-9-14)25-12-4-7-19(25)26/h3,5-6,8-11,13H,4,7,12H2,1-2H3,(H,23,27). The summed E-state index contributed by atoms with van der Waals surface area (Å²) in [6.07, 6.45) is 1.46. The average molecular weight is 423 g/mol. The molecule has 1 aliphatic rings. The van der Waals surface area contributed by atoms with Crippen LogP contribution in [0.4, 0.5) is 11.4 Å². The Morgan fingerprint density at radius 2 is 1.93 bits per heavy atom. The molecule has 0 spiro atoms. The number of rotatable bonds is 6. The van der Waals surface area contributed by atoms with Crippen molar-refractivity contribution in [3.8, 4) is 22.1 Å². The van der Waals surface area contributed by atoms with Crippen LogP contribution >= 0.6 is 11.3 Å². The summed E-state index contributed by atoms with van der Waals surface area (Å²) in [5, 5.41) is 5.22. The number of benzene rings is 2. The zero-order chi connectivity index (χ0) is 21.1. The zero-order valence-electron chi connectivity index (χ0n) is 16.7. The van der Waals surface area contributed by atoms with Gasteiger partial charge in [-0.25, -0.2) is 4.98 Å². The Balaban J connectivity index is 1.49. The number of hydrogen-bond donors (Lipinski definition) is 1. The molecule has 2 heterocycles. The summed E-state index contributed by atoms with van der Waals surface area (Å²) >= 11 is 1.36. The fourth-order valence-electron chi connectivity index (χ4n) is 3.40. The van der Waals surface area contributed by atoms with Gasteiger partial charge >= 0.3 is 0 Å².